The normalized spacial score (nSPS) is 17.5. The van der Waals surface area contributed by atoms with Crippen LogP contribution in [0.1, 0.15) is 18.0 Å². The average molecular weight is 363 g/mol. The highest BCUT2D eigenvalue weighted by Gasteiger charge is 2.28. The van der Waals surface area contributed by atoms with Crippen molar-refractivity contribution < 1.29 is 14.3 Å². The van der Waals surface area contributed by atoms with E-state index >= 15 is 0 Å². The van der Waals surface area contributed by atoms with E-state index in [1.807, 2.05) is 54.6 Å². The zero-order valence-corrected chi connectivity index (χ0v) is 14.9. The number of carbonyl (C=O) groups is 1. The smallest absolute Gasteiger partial charge is 0.229 e. The first-order valence-electron chi connectivity index (χ1n) is 8.04. The van der Waals surface area contributed by atoms with Gasteiger partial charge in [0.2, 0.25) is 5.91 Å². The molecule has 0 fully saturated rings. The molecule has 1 aliphatic rings. The first-order valence-corrected chi connectivity index (χ1v) is 8.04. The minimum absolute atomic E-state index is 0. The van der Waals surface area contributed by atoms with Crippen molar-refractivity contribution in [1.82, 2.24) is 0 Å². The van der Waals surface area contributed by atoms with E-state index < -0.39 is 0 Å². The number of rotatable bonds is 4. The van der Waals surface area contributed by atoms with Gasteiger partial charge in [0.1, 0.15) is 18.5 Å². The Balaban J connectivity index is 0.00000225. The minimum atomic E-state index is -0.337. The summed E-state index contributed by atoms with van der Waals surface area (Å²) < 4.78 is 11.2. The van der Waals surface area contributed by atoms with Gasteiger partial charge in [0.25, 0.3) is 0 Å². The fourth-order valence-corrected chi connectivity index (χ4v) is 2.83. The lowest BCUT2D eigenvalue weighted by Crippen LogP contribution is -2.39. The van der Waals surface area contributed by atoms with Crippen LogP contribution in [0.4, 0.5) is 5.69 Å². The molecule has 0 aliphatic carbocycles. The minimum Gasteiger partial charge on any atom is -0.489 e. The lowest BCUT2D eigenvalue weighted by atomic mass is 10.0. The maximum atomic E-state index is 12.9. The van der Waals surface area contributed by atoms with Crippen molar-refractivity contribution >= 4 is 24.0 Å². The Hall–Kier alpha value is -2.08. The molecule has 25 heavy (non-hydrogen) atoms. The fraction of sp³-hybridized carbons (Fsp3) is 0.316. The molecule has 0 bridgehead atoms. The summed E-state index contributed by atoms with van der Waals surface area (Å²) in [6, 6.07) is 16.9. The highest BCUT2D eigenvalue weighted by Crippen LogP contribution is 2.32. The molecule has 2 aromatic carbocycles. The van der Waals surface area contributed by atoms with Gasteiger partial charge >= 0.3 is 0 Å². The first kappa shape index (κ1) is 19.2. The van der Waals surface area contributed by atoms with Gasteiger partial charge in [0, 0.05) is 19.6 Å². The van der Waals surface area contributed by atoms with Crippen LogP contribution in [0.15, 0.2) is 54.6 Å². The van der Waals surface area contributed by atoms with Crippen LogP contribution in [0.3, 0.4) is 0 Å². The molecule has 0 saturated heterocycles. The number of para-hydroxylation sites is 2. The zero-order chi connectivity index (χ0) is 16.9. The van der Waals surface area contributed by atoms with E-state index in [4.69, 9.17) is 15.2 Å². The molecule has 2 N–H and O–H groups in total. The van der Waals surface area contributed by atoms with Gasteiger partial charge in [-0.1, -0.05) is 42.5 Å². The summed E-state index contributed by atoms with van der Waals surface area (Å²) in [5.41, 5.74) is 7.94. The fourth-order valence-electron chi connectivity index (χ4n) is 2.83. The standard InChI is InChI=1S/C19H22N2O3.ClH/c1-23-15-12-21(17-9-5-6-10-18(17)24-13-15)19(22)11-16(20)14-7-3-2-4-8-14;/h2-10,15-16H,11-13,20H2,1H3;1H. The van der Waals surface area contributed by atoms with E-state index in [-0.39, 0.29) is 36.9 Å². The Morgan fingerprint density at radius 2 is 1.92 bits per heavy atom. The molecular weight excluding hydrogens is 340 g/mol. The van der Waals surface area contributed by atoms with Crippen LogP contribution in [0, 0.1) is 0 Å². The van der Waals surface area contributed by atoms with Crippen LogP contribution in [0.2, 0.25) is 0 Å². The summed E-state index contributed by atoms with van der Waals surface area (Å²) in [6.07, 6.45) is 0.0590. The molecule has 5 nitrogen and oxygen atoms in total. The predicted octanol–water partition coefficient (Wildman–Crippen LogP) is 2.94. The van der Waals surface area contributed by atoms with E-state index in [1.165, 1.54) is 0 Å². The third-order valence-corrected chi connectivity index (χ3v) is 4.22. The predicted molar refractivity (Wildman–Crippen MR) is 100 cm³/mol. The summed E-state index contributed by atoms with van der Waals surface area (Å²) >= 11 is 0. The van der Waals surface area contributed by atoms with E-state index in [9.17, 15) is 4.79 Å². The molecule has 2 atom stereocenters. The molecule has 0 saturated carbocycles. The lowest BCUT2D eigenvalue weighted by Gasteiger charge is -2.25. The van der Waals surface area contributed by atoms with Crippen LogP contribution in [0.25, 0.3) is 0 Å². The second-order valence-electron chi connectivity index (χ2n) is 5.86. The Morgan fingerprint density at radius 1 is 1.24 bits per heavy atom. The SMILES string of the molecule is COC1COc2ccccc2N(C(=O)CC(N)c2ccccc2)C1.Cl. The Morgan fingerprint density at radius 3 is 2.64 bits per heavy atom. The van der Waals surface area contributed by atoms with Crippen LogP contribution < -0.4 is 15.4 Å². The Kier molecular flexibility index (Phi) is 6.82. The van der Waals surface area contributed by atoms with Crippen LogP contribution in [-0.2, 0) is 9.53 Å². The highest BCUT2D eigenvalue weighted by molar-refractivity contribution is 5.95. The highest BCUT2D eigenvalue weighted by atomic mass is 35.5. The van der Waals surface area contributed by atoms with Gasteiger partial charge < -0.3 is 20.1 Å². The van der Waals surface area contributed by atoms with Crippen molar-refractivity contribution in [1.29, 1.82) is 0 Å². The molecule has 3 rings (SSSR count). The third kappa shape index (κ3) is 4.51. The summed E-state index contributed by atoms with van der Waals surface area (Å²) in [5, 5.41) is 0. The number of carbonyl (C=O) groups excluding carboxylic acids is 1. The second kappa shape index (κ2) is 8.85. The molecule has 2 unspecified atom stereocenters. The maximum absolute atomic E-state index is 12.9. The van der Waals surface area contributed by atoms with Gasteiger partial charge in [-0.3, -0.25) is 4.79 Å². The maximum Gasteiger partial charge on any atom is 0.229 e. The summed E-state index contributed by atoms with van der Waals surface area (Å²) in [5.74, 6) is 0.657. The molecule has 134 valence electrons. The van der Waals surface area contributed by atoms with Crippen LogP contribution in [-0.4, -0.2) is 32.3 Å². The van der Waals surface area contributed by atoms with Crippen molar-refractivity contribution in [2.45, 2.75) is 18.6 Å². The molecule has 0 aromatic heterocycles. The molecule has 0 spiro atoms. The number of ether oxygens (including phenoxy) is 2. The number of nitrogens with two attached hydrogens (primary N) is 1. The van der Waals surface area contributed by atoms with Crippen molar-refractivity contribution in [2.24, 2.45) is 5.73 Å². The molecule has 1 heterocycles. The van der Waals surface area contributed by atoms with E-state index in [2.05, 4.69) is 0 Å². The van der Waals surface area contributed by atoms with Crippen molar-refractivity contribution in [2.75, 3.05) is 25.2 Å². The number of fused-ring (bicyclic) bond motifs is 1. The number of anilines is 1. The number of hydrogen-bond donors (Lipinski definition) is 1. The average Bonchev–Trinajstić information content (AvgIpc) is 2.82. The van der Waals surface area contributed by atoms with E-state index in [1.54, 1.807) is 12.0 Å². The van der Waals surface area contributed by atoms with E-state index in [0.717, 1.165) is 11.3 Å². The molecule has 6 heteroatoms. The summed E-state index contributed by atoms with van der Waals surface area (Å²) in [4.78, 5) is 14.6. The Bertz CT molecular complexity index is 696. The first-order chi connectivity index (χ1) is 11.7. The molecule has 1 aliphatic heterocycles. The lowest BCUT2D eigenvalue weighted by molar-refractivity contribution is -0.119. The third-order valence-electron chi connectivity index (χ3n) is 4.22. The van der Waals surface area contributed by atoms with Gasteiger partial charge in [-0.05, 0) is 17.7 Å². The summed E-state index contributed by atoms with van der Waals surface area (Å²) in [6.45, 7) is 0.871. The summed E-state index contributed by atoms with van der Waals surface area (Å²) in [7, 11) is 1.63. The number of amides is 1. The molecule has 0 radical (unpaired) electrons. The van der Waals surface area contributed by atoms with Crippen molar-refractivity contribution in [3.05, 3.63) is 60.2 Å². The topological polar surface area (TPSA) is 64.8 Å². The monoisotopic (exact) mass is 362 g/mol. The van der Waals surface area contributed by atoms with E-state index in [0.29, 0.717) is 18.9 Å². The van der Waals surface area contributed by atoms with Gasteiger partial charge in [0.05, 0.1) is 12.2 Å². The van der Waals surface area contributed by atoms with Crippen molar-refractivity contribution in [3.8, 4) is 5.75 Å². The number of methoxy groups -OCH3 is 1. The van der Waals surface area contributed by atoms with Gasteiger partial charge in [-0.15, -0.1) is 12.4 Å². The number of halogens is 1. The van der Waals surface area contributed by atoms with Gasteiger partial charge in [0.15, 0.2) is 0 Å². The Labute approximate surface area is 154 Å². The number of nitrogens with zero attached hydrogens (tertiary/aromatic N) is 1. The quantitative estimate of drug-likeness (QED) is 0.908. The van der Waals surface area contributed by atoms with Crippen molar-refractivity contribution in [3.63, 3.8) is 0 Å². The molecule has 1 amide bonds. The second-order valence-corrected chi connectivity index (χ2v) is 5.86. The van der Waals surface area contributed by atoms with Gasteiger partial charge in [-0.25, -0.2) is 0 Å². The van der Waals surface area contributed by atoms with Crippen LogP contribution >= 0.6 is 12.4 Å². The zero-order valence-electron chi connectivity index (χ0n) is 14.1. The largest absolute Gasteiger partial charge is 0.489 e. The number of hydrogen-bond acceptors (Lipinski definition) is 4. The van der Waals surface area contributed by atoms with Crippen LogP contribution in [0.5, 0.6) is 5.75 Å². The molecular formula is C19H23ClN2O3. The van der Waals surface area contributed by atoms with Gasteiger partial charge in [-0.2, -0.15) is 0 Å². The molecule has 2 aromatic rings. The number of benzene rings is 2.